The molecule has 2 rings (SSSR count). The predicted molar refractivity (Wildman–Crippen MR) is 74.7 cm³/mol. The summed E-state index contributed by atoms with van der Waals surface area (Å²) in [5, 5.41) is 18.5. The van der Waals surface area contributed by atoms with Crippen LogP contribution in [-0.2, 0) is 0 Å². The number of hydrogen-bond acceptors (Lipinski definition) is 3. The Morgan fingerprint density at radius 1 is 1.20 bits per heavy atom. The van der Waals surface area contributed by atoms with Crippen LogP contribution >= 0.6 is 23.2 Å². The Hall–Kier alpha value is -2.22. The molecule has 0 bridgehead atoms. The number of carboxylic acid groups (broad SMARTS) is 1. The van der Waals surface area contributed by atoms with Gasteiger partial charge in [0.05, 0.1) is 16.1 Å². The zero-order valence-electron chi connectivity index (χ0n) is 9.93. The highest BCUT2D eigenvalue weighted by molar-refractivity contribution is 6.33. The molecule has 4 nitrogen and oxygen atoms in total. The number of nitriles is 1. The summed E-state index contributed by atoms with van der Waals surface area (Å²) in [6.07, 6.45) is 0. The van der Waals surface area contributed by atoms with Gasteiger partial charge in [-0.15, -0.1) is 0 Å². The van der Waals surface area contributed by atoms with Crippen LogP contribution in [0.4, 0.5) is 0 Å². The second-order valence-corrected chi connectivity index (χ2v) is 4.64. The van der Waals surface area contributed by atoms with Crippen LogP contribution in [0.5, 0.6) is 11.5 Å². The molecule has 0 unspecified atom stereocenters. The van der Waals surface area contributed by atoms with Crippen molar-refractivity contribution in [3.05, 3.63) is 57.6 Å². The van der Waals surface area contributed by atoms with Crippen molar-refractivity contribution in [3.63, 3.8) is 0 Å². The number of ether oxygens (including phenoxy) is 1. The summed E-state index contributed by atoms with van der Waals surface area (Å²) < 4.78 is 5.50. The lowest BCUT2D eigenvalue weighted by atomic mass is 10.2. The molecule has 0 spiro atoms. The molecule has 0 fully saturated rings. The maximum Gasteiger partial charge on any atom is 0.337 e. The third-order valence-electron chi connectivity index (χ3n) is 2.46. The van der Waals surface area contributed by atoms with Crippen LogP contribution in [0.2, 0.25) is 10.0 Å². The van der Waals surface area contributed by atoms with E-state index in [0.29, 0.717) is 10.6 Å². The monoisotopic (exact) mass is 307 g/mol. The summed E-state index contributed by atoms with van der Waals surface area (Å²) in [5.41, 5.74) is 0.214. The summed E-state index contributed by atoms with van der Waals surface area (Å²) in [5.74, 6) is -0.656. The summed E-state index contributed by atoms with van der Waals surface area (Å²) in [7, 11) is 0. The Bertz CT molecular complexity index is 723. The molecular weight excluding hydrogens is 301 g/mol. The van der Waals surface area contributed by atoms with Gasteiger partial charge in [0.15, 0.2) is 0 Å². The van der Waals surface area contributed by atoms with Crippen LogP contribution in [0.3, 0.4) is 0 Å². The average molecular weight is 308 g/mol. The summed E-state index contributed by atoms with van der Waals surface area (Å²) in [4.78, 5) is 11.0. The summed E-state index contributed by atoms with van der Waals surface area (Å²) in [6.45, 7) is 0. The van der Waals surface area contributed by atoms with Gasteiger partial charge in [-0.25, -0.2) is 4.79 Å². The van der Waals surface area contributed by atoms with Crippen molar-refractivity contribution < 1.29 is 14.6 Å². The first-order chi connectivity index (χ1) is 9.51. The lowest BCUT2D eigenvalue weighted by Crippen LogP contribution is -1.98. The van der Waals surface area contributed by atoms with Crippen LogP contribution in [0.15, 0.2) is 36.4 Å². The normalized spacial score (nSPS) is 9.85. The minimum Gasteiger partial charge on any atom is -0.478 e. The molecule has 20 heavy (non-hydrogen) atoms. The molecule has 0 atom stereocenters. The zero-order chi connectivity index (χ0) is 14.7. The van der Waals surface area contributed by atoms with E-state index in [2.05, 4.69) is 0 Å². The molecule has 6 heteroatoms. The van der Waals surface area contributed by atoms with Gasteiger partial charge >= 0.3 is 5.97 Å². The number of rotatable bonds is 3. The van der Waals surface area contributed by atoms with Gasteiger partial charge in [-0.3, -0.25) is 0 Å². The van der Waals surface area contributed by atoms with Gasteiger partial charge < -0.3 is 9.84 Å². The zero-order valence-corrected chi connectivity index (χ0v) is 11.4. The fourth-order valence-corrected chi connectivity index (χ4v) is 1.89. The van der Waals surface area contributed by atoms with Crippen molar-refractivity contribution in [1.29, 1.82) is 5.26 Å². The number of halogens is 2. The van der Waals surface area contributed by atoms with Crippen LogP contribution < -0.4 is 4.74 Å². The van der Waals surface area contributed by atoms with Crippen LogP contribution in [0.1, 0.15) is 15.9 Å². The van der Waals surface area contributed by atoms with Crippen molar-refractivity contribution in [2.24, 2.45) is 0 Å². The minimum absolute atomic E-state index is 0.0790. The van der Waals surface area contributed by atoms with Gasteiger partial charge in [-0.1, -0.05) is 23.2 Å². The second-order valence-electron chi connectivity index (χ2n) is 3.80. The van der Waals surface area contributed by atoms with E-state index in [1.807, 2.05) is 6.07 Å². The number of carbonyl (C=O) groups is 1. The standard InChI is InChI=1S/C14H7Cl2NO3/c15-9-2-1-8(7-17)13(5-9)20-10-3-4-12(16)11(6-10)14(18)19/h1-6H,(H,18,19). The van der Waals surface area contributed by atoms with Crippen molar-refractivity contribution in [1.82, 2.24) is 0 Å². The number of benzene rings is 2. The molecule has 0 saturated carbocycles. The molecule has 0 aliphatic rings. The fourth-order valence-electron chi connectivity index (χ4n) is 1.53. The van der Waals surface area contributed by atoms with E-state index in [1.54, 1.807) is 6.07 Å². The Morgan fingerprint density at radius 2 is 1.95 bits per heavy atom. The van der Waals surface area contributed by atoms with Crippen LogP contribution in [0.25, 0.3) is 0 Å². The summed E-state index contributed by atoms with van der Waals surface area (Å²) >= 11 is 11.6. The first-order valence-corrected chi connectivity index (χ1v) is 6.17. The van der Waals surface area contributed by atoms with Gasteiger partial charge in [0.25, 0.3) is 0 Å². The number of nitrogens with zero attached hydrogens (tertiary/aromatic N) is 1. The third-order valence-corrected chi connectivity index (χ3v) is 3.02. The highest BCUT2D eigenvalue weighted by Crippen LogP contribution is 2.30. The maximum atomic E-state index is 11.0. The van der Waals surface area contributed by atoms with E-state index in [1.165, 1.54) is 30.3 Å². The second kappa shape index (κ2) is 5.83. The van der Waals surface area contributed by atoms with Gasteiger partial charge in [0.1, 0.15) is 17.6 Å². The number of hydrogen-bond donors (Lipinski definition) is 1. The molecule has 2 aromatic carbocycles. The van der Waals surface area contributed by atoms with Gasteiger partial charge in [-0.2, -0.15) is 5.26 Å². The highest BCUT2D eigenvalue weighted by Gasteiger charge is 2.12. The molecular formula is C14H7Cl2NO3. The van der Waals surface area contributed by atoms with Crippen molar-refractivity contribution in [3.8, 4) is 17.6 Å². The molecule has 0 aliphatic carbocycles. The smallest absolute Gasteiger partial charge is 0.337 e. The van der Waals surface area contributed by atoms with Crippen molar-refractivity contribution in [2.45, 2.75) is 0 Å². The number of aromatic carboxylic acids is 1. The molecule has 0 radical (unpaired) electrons. The van der Waals surface area contributed by atoms with E-state index in [9.17, 15) is 4.79 Å². The van der Waals surface area contributed by atoms with E-state index in [4.69, 9.17) is 38.3 Å². The van der Waals surface area contributed by atoms with E-state index < -0.39 is 5.97 Å². The lowest BCUT2D eigenvalue weighted by Gasteiger charge is -2.09. The van der Waals surface area contributed by atoms with Crippen molar-refractivity contribution >= 4 is 29.2 Å². The average Bonchev–Trinajstić information content (AvgIpc) is 2.41. The Kier molecular flexibility index (Phi) is 4.14. The Balaban J connectivity index is 2.40. The van der Waals surface area contributed by atoms with Crippen molar-refractivity contribution in [2.75, 3.05) is 0 Å². The molecule has 100 valence electrons. The molecule has 0 aromatic heterocycles. The largest absolute Gasteiger partial charge is 0.478 e. The Morgan fingerprint density at radius 3 is 2.60 bits per heavy atom. The molecule has 2 aromatic rings. The third kappa shape index (κ3) is 3.02. The SMILES string of the molecule is N#Cc1ccc(Cl)cc1Oc1ccc(Cl)c(C(=O)O)c1. The lowest BCUT2D eigenvalue weighted by molar-refractivity contribution is 0.0696. The quantitative estimate of drug-likeness (QED) is 0.914. The van der Waals surface area contributed by atoms with Crippen LogP contribution in [0, 0.1) is 11.3 Å². The molecule has 0 amide bonds. The minimum atomic E-state index is -1.16. The maximum absolute atomic E-state index is 11.0. The van der Waals surface area contributed by atoms with E-state index in [0.717, 1.165) is 0 Å². The van der Waals surface area contributed by atoms with E-state index >= 15 is 0 Å². The highest BCUT2D eigenvalue weighted by atomic mass is 35.5. The molecule has 1 N–H and O–H groups in total. The predicted octanol–water partition coefficient (Wildman–Crippen LogP) is 4.36. The topological polar surface area (TPSA) is 70.3 Å². The summed E-state index contributed by atoms with van der Waals surface area (Å²) in [6, 6.07) is 10.7. The molecule has 0 heterocycles. The number of carboxylic acids is 1. The fraction of sp³-hybridized carbons (Fsp3) is 0. The van der Waals surface area contributed by atoms with E-state index in [-0.39, 0.29) is 22.1 Å². The first-order valence-electron chi connectivity index (χ1n) is 5.41. The molecule has 0 aliphatic heterocycles. The van der Waals surface area contributed by atoms with Gasteiger partial charge in [0.2, 0.25) is 0 Å². The Labute approximate surface area is 124 Å². The van der Waals surface area contributed by atoms with Crippen LogP contribution in [-0.4, -0.2) is 11.1 Å². The van der Waals surface area contributed by atoms with Gasteiger partial charge in [-0.05, 0) is 30.3 Å². The molecule has 0 saturated heterocycles. The van der Waals surface area contributed by atoms with Gasteiger partial charge in [0, 0.05) is 11.1 Å². The first kappa shape index (κ1) is 14.2.